The quantitative estimate of drug-likeness (QED) is 0.834. The lowest BCUT2D eigenvalue weighted by Crippen LogP contribution is -2.28. The molecule has 0 aliphatic carbocycles. The van der Waals surface area contributed by atoms with E-state index in [0.29, 0.717) is 17.0 Å². The molecule has 3 nitrogen and oxygen atoms in total. The second kappa shape index (κ2) is 5.27. The van der Waals surface area contributed by atoms with Crippen LogP contribution in [0.3, 0.4) is 0 Å². The van der Waals surface area contributed by atoms with Gasteiger partial charge >= 0.3 is 6.18 Å². The molecule has 17 heavy (non-hydrogen) atoms. The van der Waals surface area contributed by atoms with Gasteiger partial charge < -0.3 is 15.2 Å². The van der Waals surface area contributed by atoms with Crippen LogP contribution in [0.2, 0.25) is 0 Å². The van der Waals surface area contributed by atoms with Gasteiger partial charge in [0.05, 0.1) is 19.4 Å². The number of hydrogen-bond donors (Lipinski definition) is 1. The molecule has 0 aliphatic rings. The number of nitrogen functional groups attached to an aromatic ring is 1. The van der Waals surface area contributed by atoms with Gasteiger partial charge in [0, 0.05) is 0 Å². The maximum atomic E-state index is 12.2. The first-order valence-corrected chi connectivity index (χ1v) is 4.95. The largest absolute Gasteiger partial charge is 0.495 e. The van der Waals surface area contributed by atoms with Gasteiger partial charge in [-0.2, -0.15) is 13.2 Å². The molecule has 0 amide bonds. The smallest absolute Gasteiger partial charge is 0.414 e. The lowest BCUT2D eigenvalue weighted by molar-refractivity contribution is -0.217. The van der Waals surface area contributed by atoms with Gasteiger partial charge in [-0.05, 0) is 24.6 Å². The van der Waals surface area contributed by atoms with Crippen molar-refractivity contribution >= 4 is 5.69 Å². The third-order valence-corrected chi connectivity index (χ3v) is 2.26. The van der Waals surface area contributed by atoms with Gasteiger partial charge in [0.1, 0.15) is 5.75 Å². The Bertz CT molecular complexity index is 379. The predicted molar refractivity (Wildman–Crippen MR) is 57.7 cm³/mol. The summed E-state index contributed by atoms with van der Waals surface area (Å²) in [5.74, 6) is 0.484. The molecule has 0 aliphatic heterocycles. The van der Waals surface area contributed by atoms with E-state index in [-0.39, 0.29) is 6.61 Å². The number of alkyl halides is 3. The minimum Gasteiger partial charge on any atom is -0.495 e. The first kappa shape index (κ1) is 13.6. The maximum absolute atomic E-state index is 12.2. The molecule has 0 bridgehead atoms. The molecule has 0 heterocycles. The molecule has 0 saturated carbocycles. The molecule has 0 spiro atoms. The predicted octanol–water partition coefficient (Wildman–Crippen LogP) is 2.74. The highest BCUT2D eigenvalue weighted by atomic mass is 19.4. The molecule has 1 rings (SSSR count). The van der Waals surface area contributed by atoms with E-state index in [2.05, 4.69) is 0 Å². The van der Waals surface area contributed by atoms with E-state index in [1.165, 1.54) is 13.2 Å². The highest BCUT2D eigenvalue weighted by molar-refractivity contribution is 5.54. The van der Waals surface area contributed by atoms with Gasteiger partial charge in [-0.25, -0.2) is 0 Å². The average Bonchev–Trinajstić information content (AvgIpc) is 2.24. The molecule has 0 saturated heterocycles. The Morgan fingerprint density at radius 1 is 1.35 bits per heavy atom. The maximum Gasteiger partial charge on any atom is 0.414 e. The Morgan fingerprint density at radius 2 is 2.00 bits per heavy atom. The standard InChI is InChI=1S/C11H14F3NO2/c1-7(11(12,13)14)17-6-8-3-4-10(16-2)9(15)5-8/h3-5,7H,6,15H2,1-2H3. The fraction of sp³-hybridized carbons (Fsp3) is 0.455. The van der Waals surface area contributed by atoms with Gasteiger partial charge in [0.25, 0.3) is 0 Å². The zero-order valence-corrected chi connectivity index (χ0v) is 9.54. The van der Waals surface area contributed by atoms with Crippen LogP contribution in [0.5, 0.6) is 5.75 Å². The zero-order chi connectivity index (χ0) is 13.1. The molecule has 1 atom stereocenters. The van der Waals surface area contributed by atoms with Gasteiger partial charge in [0.15, 0.2) is 6.10 Å². The van der Waals surface area contributed by atoms with Crippen LogP contribution in [-0.4, -0.2) is 19.4 Å². The molecule has 6 heteroatoms. The van der Waals surface area contributed by atoms with Gasteiger partial charge in [-0.15, -0.1) is 0 Å². The normalized spacial score (nSPS) is 13.5. The van der Waals surface area contributed by atoms with E-state index in [1.807, 2.05) is 0 Å². The number of anilines is 1. The number of ether oxygens (including phenoxy) is 2. The minimum atomic E-state index is -4.35. The van der Waals surface area contributed by atoms with Crippen LogP contribution in [0, 0.1) is 0 Å². The summed E-state index contributed by atoms with van der Waals surface area (Å²) in [6, 6.07) is 4.73. The van der Waals surface area contributed by atoms with E-state index in [0.717, 1.165) is 6.92 Å². The third kappa shape index (κ3) is 3.81. The van der Waals surface area contributed by atoms with Crippen molar-refractivity contribution in [2.45, 2.75) is 25.8 Å². The van der Waals surface area contributed by atoms with E-state index in [4.69, 9.17) is 15.2 Å². The summed E-state index contributed by atoms with van der Waals surface area (Å²) < 4.78 is 46.2. The number of halogens is 3. The van der Waals surface area contributed by atoms with Crippen LogP contribution in [-0.2, 0) is 11.3 Å². The Balaban J connectivity index is 2.61. The first-order chi connectivity index (χ1) is 7.84. The first-order valence-electron chi connectivity index (χ1n) is 4.95. The molecular weight excluding hydrogens is 235 g/mol. The molecule has 1 unspecified atom stereocenters. The Labute approximate surface area is 97.3 Å². The van der Waals surface area contributed by atoms with E-state index in [1.54, 1.807) is 12.1 Å². The number of benzene rings is 1. The second-order valence-corrected chi connectivity index (χ2v) is 3.57. The SMILES string of the molecule is COc1ccc(COC(C)C(F)(F)F)cc1N. The fourth-order valence-corrected chi connectivity index (χ4v) is 1.19. The van der Waals surface area contributed by atoms with E-state index >= 15 is 0 Å². The summed E-state index contributed by atoms with van der Waals surface area (Å²) in [6.45, 7) is 0.821. The van der Waals surface area contributed by atoms with Crippen molar-refractivity contribution in [3.8, 4) is 5.75 Å². The van der Waals surface area contributed by atoms with Crippen molar-refractivity contribution in [1.82, 2.24) is 0 Å². The molecule has 1 aromatic carbocycles. The lowest BCUT2D eigenvalue weighted by Gasteiger charge is -2.16. The monoisotopic (exact) mass is 249 g/mol. The summed E-state index contributed by atoms with van der Waals surface area (Å²) in [5.41, 5.74) is 6.56. The molecule has 96 valence electrons. The highest BCUT2D eigenvalue weighted by Gasteiger charge is 2.36. The number of rotatable bonds is 4. The molecular formula is C11H14F3NO2. The van der Waals surface area contributed by atoms with Crippen molar-refractivity contribution in [2.24, 2.45) is 0 Å². The molecule has 0 fully saturated rings. The summed E-state index contributed by atoms with van der Waals surface area (Å²) >= 11 is 0. The molecule has 2 N–H and O–H groups in total. The van der Waals surface area contributed by atoms with Crippen LogP contribution >= 0.6 is 0 Å². The summed E-state index contributed by atoms with van der Waals surface area (Å²) in [6.07, 6.45) is -6.15. The van der Waals surface area contributed by atoms with Crippen molar-refractivity contribution in [3.05, 3.63) is 23.8 Å². The minimum absolute atomic E-state index is 0.144. The van der Waals surface area contributed by atoms with Crippen LogP contribution < -0.4 is 10.5 Å². The summed E-state index contributed by atoms with van der Waals surface area (Å²) in [4.78, 5) is 0. The number of nitrogens with two attached hydrogens (primary N) is 1. The van der Waals surface area contributed by atoms with Crippen molar-refractivity contribution in [2.75, 3.05) is 12.8 Å². The van der Waals surface area contributed by atoms with Crippen LogP contribution in [0.15, 0.2) is 18.2 Å². The fourth-order valence-electron chi connectivity index (χ4n) is 1.19. The summed E-state index contributed by atoms with van der Waals surface area (Å²) in [5, 5.41) is 0. The van der Waals surface area contributed by atoms with E-state index in [9.17, 15) is 13.2 Å². The Kier molecular flexibility index (Phi) is 4.22. The zero-order valence-electron chi connectivity index (χ0n) is 9.54. The van der Waals surface area contributed by atoms with Crippen LogP contribution in [0.25, 0.3) is 0 Å². The highest BCUT2D eigenvalue weighted by Crippen LogP contribution is 2.25. The van der Waals surface area contributed by atoms with Gasteiger partial charge in [-0.1, -0.05) is 6.07 Å². The number of methoxy groups -OCH3 is 1. The van der Waals surface area contributed by atoms with Gasteiger partial charge in [0.2, 0.25) is 0 Å². The second-order valence-electron chi connectivity index (χ2n) is 3.57. The van der Waals surface area contributed by atoms with Crippen molar-refractivity contribution in [1.29, 1.82) is 0 Å². The lowest BCUT2D eigenvalue weighted by atomic mass is 10.2. The Morgan fingerprint density at radius 3 is 2.47 bits per heavy atom. The van der Waals surface area contributed by atoms with Gasteiger partial charge in [-0.3, -0.25) is 0 Å². The van der Waals surface area contributed by atoms with Crippen LogP contribution in [0.4, 0.5) is 18.9 Å². The third-order valence-electron chi connectivity index (χ3n) is 2.26. The topological polar surface area (TPSA) is 44.5 Å². The molecule has 0 aromatic heterocycles. The number of hydrogen-bond acceptors (Lipinski definition) is 3. The van der Waals surface area contributed by atoms with E-state index < -0.39 is 12.3 Å². The average molecular weight is 249 g/mol. The van der Waals surface area contributed by atoms with Crippen molar-refractivity contribution in [3.63, 3.8) is 0 Å². The summed E-state index contributed by atoms with van der Waals surface area (Å²) in [7, 11) is 1.47. The van der Waals surface area contributed by atoms with Crippen LogP contribution in [0.1, 0.15) is 12.5 Å². The Hall–Kier alpha value is -1.43. The molecule has 0 radical (unpaired) electrons. The molecule has 1 aromatic rings. The van der Waals surface area contributed by atoms with Crippen molar-refractivity contribution < 1.29 is 22.6 Å².